The van der Waals surface area contributed by atoms with Crippen molar-refractivity contribution in [3.8, 4) is 5.69 Å². The summed E-state index contributed by atoms with van der Waals surface area (Å²) in [6, 6.07) is 13.7. The number of ether oxygens (including phenoxy) is 2. The van der Waals surface area contributed by atoms with Crippen molar-refractivity contribution in [1.29, 1.82) is 0 Å². The van der Waals surface area contributed by atoms with Gasteiger partial charge in [0.15, 0.2) is 5.65 Å². The minimum atomic E-state index is -1.19. The standard InChI is InChI=1S/C36H41Cl2N5O6/c1-22-16-26(10-11-27(22)29-19-48-23(2)18-42(29)34(46)49-35(3,4)5)43-30(38)17-28-31(43)39-21-41(33(28)45)20-36(47)12-14-40(15-13-36)32(44)24-6-8-25(37)9-7-24/h6-11,16-17,21,23,29,47H,12-15,18-20H2,1-5H3/t23-,29-/m1/s1. The summed E-state index contributed by atoms with van der Waals surface area (Å²) in [6.45, 7) is 10.9. The lowest BCUT2D eigenvalue weighted by Gasteiger charge is -2.40. The Bertz CT molecular complexity index is 1940. The number of hydrogen-bond donors (Lipinski definition) is 1. The van der Waals surface area contributed by atoms with E-state index in [1.807, 2.05) is 52.8 Å². The lowest BCUT2D eigenvalue weighted by atomic mass is 9.91. The molecule has 11 nitrogen and oxygen atoms in total. The lowest BCUT2D eigenvalue weighted by Crippen LogP contribution is -2.49. The highest BCUT2D eigenvalue weighted by molar-refractivity contribution is 6.31. The van der Waals surface area contributed by atoms with Gasteiger partial charge < -0.3 is 19.5 Å². The van der Waals surface area contributed by atoms with Gasteiger partial charge >= 0.3 is 6.09 Å². The molecular weight excluding hydrogens is 669 g/mol. The fourth-order valence-electron chi connectivity index (χ4n) is 6.58. The van der Waals surface area contributed by atoms with Crippen molar-refractivity contribution in [1.82, 2.24) is 23.9 Å². The van der Waals surface area contributed by atoms with Gasteiger partial charge in [0.25, 0.3) is 11.5 Å². The van der Waals surface area contributed by atoms with Crippen molar-refractivity contribution in [3.63, 3.8) is 0 Å². The summed E-state index contributed by atoms with van der Waals surface area (Å²) in [5, 5.41) is 12.6. The third kappa shape index (κ3) is 7.35. The number of aromatic nitrogens is 3. The van der Waals surface area contributed by atoms with Gasteiger partial charge in [-0.2, -0.15) is 0 Å². The molecule has 0 bridgehead atoms. The monoisotopic (exact) mass is 709 g/mol. The number of amides is 2. The second-order valence-electron chi connectivity index (χ2n) is 14.1. The summed E-state index contributed by atoms with van der Waals surface area (Å²) in [6.07, 6.45) is 1.53. The minimum absolute atomic E-state index is 0.0323. The van der Waals surface area contributed by atoms with Crippen LogP contribution < -0.4 is 5.56 Å². The molecule has 2 atom stereocenters. The van der Waals surface area contributed by atoms with Crippen LogP contribution in [0.4, 0.5) is 4.79 Å². The number of piperidine rings is 1. The molecule has 2 fully saturated rings. The van der Waals surface area contributed by atoms with Crippen LogP contribution in [-0.2, 0) is 16.0 Å². The first-order chi connectivity index (χ1) is 23.1. The van der Waals surface area contributed by atoms with Crippen LogP contribution in [0.15, 0.2) is 59.7 Å². The molecule has 0 spiro atoms. The lowest BCUT2D eigenvalue weighted by molar-refractivity contribution is -0.0645. The van der Waals surface area contributed by atoms with E-state index in [4.69, 9.17) is 32.7 Å². The van der Waals surface area contributed by atoms with Crippen LogP contribution in [0.5, 0.6) is 0 Å². The number of likely N-dealkylation sites (tertiary alicyclic amines) is 1. The molecule has 0 radical (unpaired) electrons. The summed E-state index contributed by atoms with van der Waals surface area (Å²) >= 11 is 12.7. The van der Waals surface area contributed by atoms with Crippen molar-refractivity contribution in [2.75, 3.05) is 26.2 Å². The zero-order chi connectivity index (χ0) is 35.2. The van der Waals surface area contributed by atoms with Gasteiger partial charge in [0.05, 0.1) is 42.8 Å². The normalized spacial score (nSPS) is 19.7. The smallest absolute Gasteiger partial charge is 0.410 e. The Morgan fingerprint density at radius 1 is 1.08 bits per heavy atom. The van der Waals surface area contributed by atoms with Gasteiger partial charge in [-0.1, -0.05) is 29.3 Å². The fraction of sp³-hybridized carbons (Fsp3) is 0.444. The summed E-state index contributed by atoms with van der Waals surface area (Å²) in [4.78, 5) is 47.8. The van der Waals surface area contributed by atoms with Crippen LogP contribution in [0.3, 0.4) is 0 Å². The van der Waals surface area contributed by atoms with Crippen molar-refractivity contribution in [2.24, 2.45) is 0 Å². The van der Waals surface area contributed by atoms with Gasteiger partial charge in [-0.3, -0.25) is 23.6 Å². The SMILES string of the molecule is Cc1cc(-n2c(Cl)cc3c(=O)n(CC4(O)CCN(C(=O)c5ccc(Cl)cc5)CC4)cnc32)ccc1[C@H]1CO[C@H](C)CN1C(=O)OC(C)(C)C. The van der Waals surface area contributed by atoms with Crippen LogP contribution in [0, 0.1) is 6.92 Å². The Morgan fingerprint density at radius 2 is 1.78 bits per heavy atom. The number of halogens is 2. The van der Waals surface area contributed by atoms with E-state index in [0.717, 1.165) is 11.1 Å². The zero-order valence-corrected chi connectivity index (χ0v) is 29.8. The Hall–Kier alpha value is -3.90. The average Bonchev–Trinajstić information content (AvgIpc) is 3.38. The van der Waals surface area contributed by atoms with Gasteiger partial charge in [-0.25, -0.2) is 9.78 Å². The molecule has 2 aliphatic heterocycles. The Labute approximate surface area is 294 Å². The van der Waals surface area contributed by atoms with Crippen molar-refractivity contribution >= 4 is 46.2 Å². The Morgan fingerprint density at radius 3 is 2.43 bits per heavy atom. The van der Waals surface area contributed by atoms with Crippen LogP contribution in [-0.4, -0.2) is 84.6 Å². The number of morpholine rings is 1. The topological polar surface area (TPSA) is 119 Å². The first-order valence-corrected chi connectivity index (χ1v) is 17.1. The first-order valence-electron chi connectivity index (χ1n) is 16.4. The van der Waals surface area contributed by atoms with Crippen molar-refractivity contribution in [2.45, 2.75) is 77.4 Å². The van der Waals surface area contributed by atoms with Crippen LogP contribution in [0.1, 0.15) is 68.1 Å². The van der Waals surface area contributed by atoms with Gasteiger partial charge in [0.2, 0.25) is 0 Å². The van der Waals surface area contributed by atoms with Crippen LogP contribution in [0.2, 0.25) is 10.2 Å². The molecule has 4 aromatic rings. The van der Waals surface area contributed by atoms with Crippen LogP contribution >= 0.6 is 23.2 Å². The molecule has 2 amide bonds. The zero-order valence-electron chi connectivity index (χ0n) is 28.3. The fourth-order valence-corrected chi connectivity index (χ4v) is 6.99. The van der Waals surface area contributed by atoms with E-state index in [1.54, 1.807) is 44.7 Å². The number of benzene rings is 2. The minimum Gasteiger partial charge on any atom is -0.444 e. The first kappa shape index (κ1) is 34.9. The molecule has 49 heavy (non-hydrogen) atoms. The van der Waals surface area contributed by atoms with E-state index >= 15 is 0 Å². The number of carbonyl (C=O) groups excluding carboxylic acids is 2. The maximum absolute atomic E-state index is 13.7. The highest BCUT2D eigenvalue weighted by Crippen LogP contribution is 2.33. The highest BCUT2D eigenvalue weighted by atomic mass is 35.5. The van der Waals surface area contributed by atoms with Gasteiger partial charge in [-0.15, -0.1) is 0 Å². The number of aryl methyl sites for hydroxylation is 1. The predicted octanol–water partition coefficient (Wildman–Crippen LogP) is 6.17. The van der Waals surface area contributed by atoms with E-state index in [0.29, 0.717) is 71.5 Å². The average molecular weight is 711 g/mol. The molecule has 0 saturated carbocycles. The van der Waals surface area contributed by atoms with E-state index in [9.17, 15) is 19.5 Å². The summed E-state index contributed by atoms with van der Waals surface area (Å²) in [5.74, 6) is -0.125. The number of rotatable bonds is 5. The highest BCUT2D eigenvalue weighted by Gasteiger charge is 2.37. The molecule has 2 aromatic heterocycles. The van der Waals surface area contributed by atoms with Gasteiger partial charge in [0.1, 0.15) is 17.1 Å². The van der Waals surface area contributed by atoms with Crippen LogP contribution in [0.25, 0.3) is 16.7 Å². The quantitative estimate of drug-likeness (QED) is 0.263. The van der Waals surface area contributed by atoms with E-state index in [1.165, 1.54) is 10.9 Å². The van der Waals surface area contributed by atoms with Gasteiger partial charge in [0, 0.05) is 29.4 Å². The third-order valence-electron chi connectivity index (χ3n) is 9.14. The number of hydrogen-bond acceptors (Lipinski definition) is 7. The maximum Gasteiger partial charge on any atom is 0.410 e. The molecule has 4 heterocycles. The number of carbonyl (C=O) groups is 2. The maximum atomic E-state index is 13.7. The summed E-state index contributed by atoms with van der Waals surface area (Å²) in [7, 11) is 0. The summed E-state index contributed by atoms with van der Waals surface area (Å²) in [5.41, 5.74) is 1.30. The molecular formula is C36H41Cl2N5O6. The van der Waals surface area contributed by atoms with E-state index in [-0.39, 0.29) is 30.2 Å². The molecule has 0 aliphatic carbocycles. The Balaban J connectivity index is 1.21. The molecule has 2 aromatic carbocycles. The molecule has 13 heteroatoms. The molecule has 260 valence electrons. The third-order valence-corrected chi connectivity index (χ3v) is 9.67. The number of aliphatic hydroxyl groups is 1. The molecule has 2 saturated heterocycles. The second kappa shape index (κ2) is 13.4. The number of nitrogens with zero attached hydrogens (tertiary/aromatic N) is 5. The molecule has 6 rings (SSSR count). The second-order valence-corrected chi connectivity index (χ2v) is 14.9. The largest absolute Gasteiger partial charge is 0.444 e. The molecule has 2 aliphatic rings. The molecule has 0 unspecified atom stereocenters. The van der Waals surface area contributed by atoms with Crippen molar-refractivity contribution in [3.05, 3.63) is 92.1 Å². The van der Waals surface area contributed by atoms with E-state index in [2.05, 4.69) is 4.98 Å². The molecule has 1 N–H and O–H groups in total. The van der Waals surface area contributed by atoms with E-state index < -0.39 is 17.3 Å². The van der Waals surface area contributed by atoms with Crippen molar-refractivity contribution < 1.29 is 24.2 Å². The predicted molar refractivity (Wildman–Crippen MR) is 188 cm³/mol. The number of fused-ring (bicyclic) bond motifs is 1. The summed E-state index contributed by atoms with van der Waals surface area (Å²) < 4.78 is 14.8. The van der Waals surface area contributed by atoms with Gasteiger partial charge in [-0.05, 0) is 101 Å². The Kier molecular flexibility index (Phi) is 9.58.